The van der Waals surface area contributed by atoms with Crippen LogP contribution in [-0.2, 0) is 76.7 Å². The van der Waals surface area contributed by atoms with Gasteiger partial charge < -0.3 is 70.8 Å². The Hall–Kier alpha value is -6.36. The van der Waals surface area contributed by atoms with Crippen molar-refractivity contribution in [3.63, 3.8) is 0 Å². The summed E-state index contributed by atoms with van der Waals surface area (Å²) >= 11 is 0. The number of carboxylic acids is 2. The molecule has 1 rings (SSSR count). The van der Waals surface area contributed by atoms with Crippen molar-refractivity contribution in [2.24, 2.45) is 9.98 Å². The van der Waals surface area contributed by atoms with Gasteiger partial charge in [0.2, 0.25) is 35.4 Å². The van der Waals surface area contributed by atoms with Gasteiger partial charge in [0.05, 0.1) is 118 Å². The van der Waals surface area contributed by atoms with Gasteiger partial charge in [0.15, 0.2) is 0 Å². The van der Waals surface area contributed by atoms with Gasteiger partial charge in [-0.25, -0.2) is 9.59 Å². The van der Waals surface area contributed by atoms with E-state index in [-0.39, 0.29) is 193 Å². The zero-order valence-electron chi connectivity index (χ0n) is 45.6. The fraction of sp³-hybridized carbons (Fsp3) is 0.750. The molecule has 0 aliphatic carbocycles. The van der Waals surface area contributed by atoms with Crippen molar-refractivity contribution in [2.75, 3.05) is 184 Å². The Morgan fingerprint density at radius 3 is 0.863 bits per heavy atom. The van der Waals surface area contributed by atoms with E-state index in [0.717, 1.165) is 0 Å². The average molecular weight is 1150 g/mol. The van der Waals surface area contributed by atoms with Crippen LogP contribution < -0.4 is 31.9 Å². The Morgan fingerprint density at radius 1 is 0.362 bits per heavy atom. The van der Waals surface area contributed by atoms with Crippen molar-refractivity contribution in [3.05, 3.63) is 0 Å². The third kappa shape index (κ3) is 44.5. The molecular weight excluding hydrogens is 1060 g/mol. The topological polar surface area (TPSA) is 417 Å². The highest BCUT2D eigenvalue weighted by Crippen LogP contribution is 2.03. The highest BCUT2D eigenvalue weighted by molar-refractivity contribution is 5.82. The van der Waals surface area contributed by atoms with Gasteiger partial charge in [0, 0.05) is 104 Å². The zero-order valence-corrected chi connectivity index (χ0v) is 45.6. The van der Waals surface area contributed by atoms with Crippen molar-refractivity contribution >= 4 is 71.7 Å². The number of carbonyl (C=O) groups excluding carboxylic acids is 8. The first-order valence-electron chi connectivity index (χ1n) is 26.5. The highest BCUT2D eigenvalue weighted by Gasteiger charge is 2.22. The number of carboxylic acid groups (broad SMARTS) is 2. The van der Waals surface area contributed by atoms with Gasteiger partial charge in [-0.1, -0.05) is 0 Å². The number of carbonyl (C=O) groups is 10. The van der Waals surface area contributed by atoms with E-state index in [1.807, 2.05) is 19.6 Å². The predicted molar refractivity (Wildman–Crippen MR) is 283 cm³/mol. The van der Waals surface area contributed by atoms with E-state index in [4.69, 9.17) is 39.7 Å². The Balaban J connectivity index is 3.05. The lowest BCUT2D eigenvalue weighted by molar-refractivity contribution is -0.234. The van der Waals surface area contributed by atoms with Crippen LogP contribution in [-0.4, -0.2) is 296 Å². The molecule has 10 N–H and O–H groups in total. The first-order valence-corrected chi connectivity index (χ1v) is 26.5. The van der Waals surface area contributed by atoms with Crippen molar-refractivity contribution in [3.8, 4) is 0 Å². The van der Waals surface area contributed by atoms with Crippen LogP contribution in [0.4, 0.5) is 0 Å². The SMILES string of the molecule is O=C(O)CCC(=O)NCCOCCNC(=O)CN1CCN(CC(=O)NCCOCC/N=C\CCC(=O)OO)CCN(CC(=O)NCCOCC/N=C/CCC(=O)OO)CCN(CC(=O)NCCOCCNC(=O)CCC(=O)O)CC1. The summed E-state index contributed by atoms with van der Waals surface area (Å²) < 4.78 is 22.1. The average Bonchev–Trinajstić information content (AvgIpc) is 3.42. The van der Waals surface area contributed by atoms with Crippen molar-refractivity contribution in [2.45, 2.75) is 51.4 Å². The molecule has 1 aliphatic rings. The molecule has 0 bridgehead atoms. The fourth-order valence-electron chi connectivity index (χ4n) is 6.90. The van der Waals surface area contributed by atoms with Crippen LogP contribution in [0.2, 0.25) is 0 Å². The van der Waals surface area contributed by atoms with Crippen molar-refractivity contribution in [1.82, 2.24) is 51.5 Å². The van der Waals surface area contributed by atoms with Crippen LogP contribution in [0.15, 0.2) is 9.98 Å². The van der Waals surface area contributed by atoms with E-state index < -0.39 is 35.7 Å². The van der Waals surface area contributed by atoms with Gasteiger partial charge in [-0.15, -0.1) is 0 Å². The Kier molecular flexibility index (Phi) is 43.5. The van der Waals surface area contributed by atoms with Gasteiger partial charge in [-0.05, 0) is 25.3 Å². The minimum Gasteiger partial charge on any atom is -0.481 e. The molecule has 0 saturated carbocycles. The normalized spacial score (nSPS) is 14.1. The number of hydrogen-bond donors (Lipinski definition) is 10. The van der Waals surface area contributed by atoms with Crippen LogP contribution >= 0.6 is 0 Å². The summed E-state index contributed by atoms with van der Waals surface area (Å²) in [5.74, 6) is -5.75. The third-order valence-electron chi connectivity index (χ3n) is 11.1. The summed E-state index contributed by atoms with van der Waals surface area (Å²) in [6.45, 7) is 5.64. The lowest BCUT2D eigenvalue weighted by Crippen LogP contribution is -2.51. The van der Waals surface area contributed by atoms with E-state index >= 15 is 0 Å². The van der Waals surface area contributed by atoms with Crippen LogP contribution in [0, 0.1) is 0 Å². The zero-order chi connectivity index (χ0) is 58.9. The summed E-state index contributed by atoms with van der Waals surface area (Å²) in [7, 11) is 0. The van der Waals surface area contributed by atoms with Gasteiger partial charge in [-0.3, -0.25) is 67.9 Å². The van der Waals surface area contributed by atoms with Crippen LogP contribution in [0.5, 0.6) is 0 Å². The molecule has 0 aromatic carbocycles. The summed E-state index contributed by atoms with van der Waals surface area (Å²) in [4.78, 5) is 143. The van der Waals surface area contributed by atoms with Gasteiger partial charge in [0.25, 0.3) is 0 Å². The molecular formula is C48H84N12O20. The lowest BCUT2D eigenvalue weighted by Gasteiger charge is -2.33. The first kappa shape index (κ1) is 71.7. The highest BCUT2D eigenvalue weighted by atomic mass is 17.1. The van der Waals surface area contributed by atoms with Crippen LogP contribution in [0.1, 0.15) is 51.4 Å². The third-order valence-corrected chi connectivity index (χ3v) is 11.1. The molecule has 32 heteroatoms. The molecule has 456 valence electrons. The second-order valence-electron chi connectivity index (χ2n) is 17.6. The standard InChI is InChI=1S/C48H84N12O20/c61-39(5-7-45(67)68)51-13-29-77-33-17-55-43(65)37-59-23-21-57(35-41(63)53-15-31-75-27-11-49-9-1-3-47(71)79-73)19-20-58(36-42(64)54-16-32-76-28-12-50-10-2-4-48(72)80-74)22-24-60(26-25-59)38-44(66)56-18-34-78-30-14-52-40(62)6-8-46(69)70/h9-10,73-74H,1-8,11-38H2,(H,51,61)(H,52,62)(H,53,63)(H,54,64)(H,55,65)(H,56,66)(H,67,68)(H,69,70)/b49-9-,50-10+. The largest absolute Gasteiger partial charge is 0.481 e. The molecule has 32 nitrogen and oxygen atoms in total. The number of aliphatic imine (C=N–C) groups is 2. The number of rotatable bonds is 44. The summed E-state index contributed by atoms with van der Waals surface area (Å²) in [5.41, 5.74) is 0. The maximum Gasteiger partial charge on any atom is 0.342 e. The van der Waals surface area contributed by atoms with Gasteiger partial charge in [0.1, 0.15) is 0 Å². The molecule has 6 amide bonds. The molecule has 0 aromatic heterocycles. The Morgan fingerprint density at radius 2 is 0.613 bits per heavy atom. The Bertz CT molecular complexity index is 1760. The number of nitrogens with one attached hydrogen (secondary N) is 6. The molecule has 1 saturated heterocycles. The molecule has 1 aliphatic heterocycles. The summed E-state index contributed by atoms with van der Waals surface area (Å²) in [6, 6.07) is 0. The second-order valence-corrected chi connectivity index (χ2v) is 17.6. The van der Waals surface area contributed by atoms with E-state index in [2.05, 4.69) is 51.7 Å². The van der Waals surface area contributed by atoms with Crippen LogP contribution in [0.25, 0.3) is 0 Å². The first-order chi connectivity index (χ1) is 38.6. The second kappa shape index (κ2) is 48.5. The van der Waals surface area contributed by atoms with E-state index in [9.17, 15) is 47.9 Å². The number of ether oxygens (including phenoxy) is 4. The van der Waals surface area contributed by atoms with E-state index in [1.54, 1.807) is 0 Å². The summed E-state index contributed by atoms with van der Waals surface area (Å²) in [5, 5.41) is 50.6. The maximum absolute atomic E-state index is 13.3. The van der Waals surface area contributed by atoms with E-state index in [1.165, 1.54) is 12.4 Å². The molecule has 0 aromatic rings. The molecule has 0 unspecified atom stereocenters. The Labute approximate surface area is 464 Å². The monoisotopic (exact) mass is 1150 g/mol. The molecule has 1 heterocycles. The van der Waals surface area contributed by atoms with Crippen molar-refractivity contribution < 1.29 is 97.4 Å². The number of aliphatic carboxylic acids is 2. The maximum atomic E-state index is 13.3. The lowest BCUT2D eigenvalue weighted by atomic mass is 10.3. The number of hydrogen-bond acceptors (Lipinski definition) is 24. The molecule has 80 heavy (non-hydrogen) atoms. The van der Waals surface area contributed by atoms with E-state index in [0.29, 0.717) is 65.4 Å². The van der Waals surface area contributed by atoms with Crippen molar-refractivity contribution in [1.29, 1.82) is 0 Å². The van der Waals surface area contributed by atoms with Crippen LogP contribution in [0.3, 0.4) is 0 Å². The molecule has 0 spiro atoms. The number of nitrogens with zero attached hydrogens (tertiary/aromatic N) is 6. The van der Waals surface area contributed by atoms with Gasteiger partial charge in [-0.2, -0.15) is 10.5 Å². The smallest absolute Gasteiger partial charge is 0.342 e. The predicted octanol–water partition coefficient (Wildman–Crippen LogP) is -4.56. The molecule has 0 radical (unpaired) electrons. The molecule has 1 fully saturated rings. The quantitative estimate of drug-likeness (QED) is 0.0119. The number of amides is 6. The fourth-order valence-corrected chi connectivity index (χ4v) is 6.90. The van der Waals surface area contributed by atoms with Gasteiger partial charge >= 0.3 is 23.9 Å². The molecule has 0 atom stereocenters. The summed E-state index contributed by atoms with van der Waals surface area (Å²) in [6.07, 6.45) is 2.69. The minimum absolute atomic E-state index is 0.0205. The minimum atomic E-state index is -1.08.